The van der Waals surface area contributed by atoms with Gasteiger partial charge in [-0.1, -0.05) is 17.4 Å². The van der Waals surface area contributed by atoms with Crippen molar-refractivity contribution in [3.8, 4) is 0 Å². The van der Waals surface area contributed by atoms with E-state index >= 15 is 0 Å². The monoisotopic (exact) mass is 624 g/mol. The highest BCUT2D eigenvalue weighted by Crippen LogP contribution is 2.31. The first-order chi connectivity index (χ1) is 19.7. The van der Waals surface area contributed by atoms with Gasteiger partial charge in [0.05, 0.1) is 23.8 Å². The number of aromatic nitrogens is 2. The van der Waals surface area contributed by atoms with Crippen LogP contribution in [0.5, 0.6) is 0 Å². The molecule has 0 bridgehead atoms. The number of nitrogen functional groups attached to an aromatic ring is 1. The number of benzene rings is 1. The number of sulfonamides is 1. The van der Waals surface area contributed by atoms with E-state index in [4.69, 9.17) is 10.5 Å². The highest BCUT2D eigenvalue weighted by Gasteiger charge is 2.31. The van der Waals surface area contributed by atoms with Crippen LogP contribution in [0.2, 0.25) is 0 Å². The molecule has 2 aliphatic heterocycles. The van der Waals surface area contributed by atoms with Crippen LogP contribution in [-0.2, 0) is 14.8 Å². The molecule has 1 aromatic carbocycles. The molecule has 0 aliphatic carbocycles. The molecule has 3 N–H and O–H groups in total. The van der Waals surface area contributed by atoms with Gasteiger partial charge in [-0.25, -0.2) is 27.2 Å². The number of morpholine rings is 1. The van der Waals surface area contributed by atoms with E-state index in [0.29, 0.717) is 18.0 Å². The van der Waals surface area contributed by atoms with Gasteiger partial charge in [-0.05, 0) is 37.1 Å². The number of carbonyl (C=O) groups excluding carboxylic acids is 1. The first kappa shape index (κ1) is 29.8. The Labute approximate surface area is 245 Å². The van der Waals surface area contributed by atoms with Crippen LogP contribution in [0.25, 0.3) is 0 Å². The van der Waals surface area contributed by atoms with Gasteiger partial charge >= 0.3 is 0 Å². The summed E-state index contributed by atoms with van der Waals surface area (Å²) in [5.74, 6) is -2.09. The van der Waals surface area contributed by atoms with E-state index in [1.165, 1.54) is 16.6 Å². The fourth-order valence-corrected chi connectivity index (χ4v) is 7.83. The summed E-state index contributed by atoms with van der Waals surface area (Å²) in [6.45, 7) is 4.84. The SMILES string of the molecule is Nc1nc(NC2CCN(S(=O)(=O)c3ccc(SCCN4CCOCC4)nc3)CC2)sc1C(=O)c1c(F)cccc1F. The number of nitrogens with zero attached hydrogens (tertiary/aromatic N) is 4. The molecule has 15 heteroatoms. The van der Waals surface area contributed by atoms with Gasteiger partial charge in [-0.3, -0.25) is 9.69 Å². The van der Waals surface area contributed by atoms with Gasteiger partial charge in [0, 0.05) is 50.7 Å². The lowest BCUT2D eigenvalue weighted by Gasteiger charge is -2.31. The van der Waals surface area contributed by atoms with Crippen LogP contribution in [0, 0.1) is 11.6 Å². The van der Waals surface area contributed by atoms with Crippen molar-refractivity contribution >= 4 is 49.9 Å². The standard InChI is InChI=1S/C26H30F2N6O4S3/c27-19-2-1-3-20(28)22(19)23(35)24-25(29)32-26(40-24)31-17-6-8-34(9-7-17)41(36,37)18-4-5-21(30-16-18)39-15-12-33-10-13-38-14-11-33/h1-5,16-17H,6-15,29H2,(H,31,32). The normalized spacial score (nSPS) is 17.5. The highest BCUT2D eigenvalue weighted by molar-refractivity contribution is 7.99. The molecule has 41 heavy (non-hydrogen) atoms. The van der Waals surface area contributed by atoms with Crippen molar-refractivity contribution in [2.75, 3.05) is 62.7 Å². The number of piperidine rings is 1. The summed E-state index contributed by atoms with van der Waals surface area (Å²) >= 11 is 2.50. The first-order valence-corrected chi connectivity index (χ1v) is 16.4. The quantitative estimate of drug-likeness (QED) is 0.256. The van der Waals surface area contributed by atoms with E-state index in [1.54, 1.807) is 23.9 Å². The summed E-state index contributed by atoms with van der Waals surface area (Å²) in [5, 5.41) is 4.29. The van der Waals surface area contributed by atoms with E-state index in [2.05, 4.69) is 20.2 Å². The summed E-state index contributed by atoms with van der Waals surface area (Å²) in [7, 11) is -3.70. The lowest BCUT2D eigenvalue weighted by molar-refractivity contribution is 0.0410. The number of rotatable bonds is 10. The number of halogens is 2. The average molecular weight is 625 g/mol. The van der Waals surface area contributed by atoms with Crippen molar-refractivity contribution in [2.24, 2.45) is 0 Å². The zero-order chi connectivity index (χ0) is 29.0. The maximum Gasteiger partial charge on any atom is 0.244 e. The van der Waals surface area contributed by atoms with E-state index in [9.17, 15) is 22.0 Å². The molecule has 0 radical (unpaired) electrons. The van der Waals surface area contributed by atoms with Crippen LogP contribution in [0.4, 0.5) is 19.7 Å². The maximum atomic E-state index is 14.1. The Hall–Kier alpha value is -2.69. The molecule has 3 aromatic rings. The predicted octanol–water partition coefficient (Wildman–Crippen LogP) is 3.32. The molecule has 2 fully saturated rings. The summed E-state index contributed by atoms with van der Waals surface area (Å²) in [6.07, 6.45) is 2.39. The van der Waals surface area contributed by atoms with Crippen LogP contribution >= 0.6 is 23.1 Å². The van der Waals surface area contributed by atoms with E-state index < -0.39 is 33.0 Å². The van der Waals surface area contributed by atoms with Crippen molar-refractivity contribution in [2.45, 2.75) is 28.8 Å². The molecular weight excluding hydrogens is 595 g/mol. The van der Waals surface area contributed by atoms with Crippen molar-refractivity contribution in [1.29, 1.82) is 0 Å². The second-order valence-electron chi connectivity index (χ2n) is 9.62. The van der Waals surface area contributed by atoms with Crippen molar-refractivity contribution in [1.82, 2.24) is 19.2 Å². The molecule has 0 spiro atoms. The number of nitrogens with one attached hydrogen (secondary N) is 1. The van der Waals surface area contributed by atoms with Gasteiger partial charge in [-0.2, -0.15) is 4.31 Å². The third-order valence-corrected chi connectivity index (χ3v) is 10.7. The first-order valence-electron chi connectivity index (χ1n) is 13.1. The smallest absolute Gasteiger partial charge is 0.244 e. The molecule has 2 saturated heterocycles. The Morgan fingerprint density at radius 1 is 1.12 bits per heavy atom. The fraction of sp³-hybridized carbons (Fsp3) is 0.423. The minimum absolute atomic E-state index is 0.0632. The zero-order valence-electron chi connectivity index (χ0n) is 22.1. The molecule has 0 atom stereocenters. The average Bonchev–Trinajstić information content (AvgIpc) is 3.33. The minimum Gasteiger partial charge on any atom is -0.382 e. The predicted molar refractivity (Wildman–Crippen MR) is 154 cm³/mol. The number of ether oxygens (including phenoxy) is 1. The molecule has 220 valence electrons. The summed E-state index contributed by atoms with van der Waals surface area (Å²) < 4.78 is 61.4. The minimum atomic E-state index is -3.70. The lowest BCUT2D eigenvalue weighted by atomic mass is 10.1. The molecule has 0 unspecified atom stereocenters. The van der Waals surface area contributed by atoms with Gasteiger partial charge in [0.25, 0.3) is 0 Å². The van der Waals surface area contributed by atoms with Crippen molar-refractivity contribution < 1.29 is 26.7 Å². The molecule has 2 aromatic heterocycles. The second-order valence-corrected chi connectivity index (χ2v) is 13.7. The highest BCUT2D eigenvalue weighted by atomic mass is 32.2. The van der Waals surface area contributed by atoms with E-state index in [-0.39, 0.29) is 34.7 Å². The Kier molecular flexibility index (Phi) is 9.51. The topological polar surface area (TPSA) is 131 Å². The van der Waals surface area contributed by atoms with Crippen LogP contribution in [0.3, 0.4) is 0 Å². The third kappa shape index (κ3) is 7.04. The number of hydrogen-bond acceptors (Lipinski definition) is 11. The summed E-state index contributed by atoms with van der Waals surface area (Å²) in [5.41, 5.74) is 5.21. The number of hydrogen-bond donors (Lipinski definition) is 2. The number of nitrogens with two attached hydrogens (primary N) is 1. The number of anilines is 2. The molecule has 5 rings (SSSR count). The van der Waals surface area contributed by atoms with E-state index in [1.807, 2.05) is 0 Å². The lowest BCUT2D eigenvalue weighted by Crippen LogP contribution is -2.42. The summed E-state index contributed by atoms with van der Waals surface area (Å²) in [6, 6.07) is 6.40. The number of pyridine rings is 1. The van der Waals surface area contributed by atoms with Crippen LogP contribution < -0.4 is 11.1 Å². The number of thioether (sulfide) groups is 1. The third-order valence-electron chi connectivity index (χ3n) is 6.94. The fourth-order valence-electron chi connectivity index (χ4n) is 4.66. The van der Waals surface area contributed by atoms with Crippen molar-refractivity contribution in [3.05, 3.63) is 58.6 Å². The Morgan fingerprint density at radius 3 is 2.49 bits per heavy atom. The Bertz CT molecular complexity index is 1450. The van der Waals surface area contributed by atoms with Gasteiger partial charge in [0.1, 0.15) is 27.2 Å². The second kappa shape index (κ2) is 13.1. The molecule has 4 heterocycles. The summed E-state index contributed by atoms with van der Waals surface area (Å²) in [4.78, 5) is 23.7. The largest absolute Gasteiger partial charge is 0.382 e. The van der Waals surface area contributed by atoms with Crippen LogP contribution in [0.15, 0.2) is 46.5 Å². The molecular formula is C26H30F2N6O4S3. The Balaban J connectivity index is 1.13. The number of carbonyl (C=O) groups is 1. The molecule has 10 nitrogen and oxygen atoms in total. The number of ketones is 1. The molecule has 0 saturated carbocycles. The van der Waals surface area contributed by atoms with Crippen molar-refractivity contribution in [3.63, 3.8) is 0 Å². The number of thiazole rings is 1. The maximum absolute atomic E-state index is 14.1. The molecule has 2 aliphatic rings. The van der Waals surface area contributed by atoms with E-state index in [0.717, 1.165) is 67.1 Å². The van der Waals surface area contributed by atoms with Gasteiger partial charge in [0.15, 0.2) is 5.13 Å². The van der Waals surface area contributed by atoms with Gasteiger partial charge < -0.3 is 15.8 Å². The molecule has 0 amide bonds. The Morgan fingerprint density at radius 2 is 1.83 bits per heavy atom. The zero-order valence-corrected chi connectivity index (χ0v) is 24.5. The van der Waals surface area contributed by atoms with Crippen LogP contribution in [-0.4, -0.2) is 91.1 Å². The van der Waals surface area contributed by atoms with Crippen LogP contribution in [0.1, 0.15) is 28.1 Å². The van der Waals surface area contributed by atoms with Gasteiger partial charge in [0.2, 0.25) is 15.8 Å². The van der Waals surface area contributed by atoms with Gasteiger partial charge in [-0.15, -0.1) is 11.8 Å².